The molecule has 0 unspecified atom stereocenters. The summed E-state index contributed by atoms with van der Waals surface area (Å²) in [6, 6.07) is 7.58. The minimum Gasteiger partial charge on any atom is -0.493 e. The molecular weight excluding hydrogens is 344 g/mol. The van der Waals surface area contributed by atoms with E-state index in [1.165, 1.54) is 22.5 Å². The normalized spacial score (nSPS) is 14.9. The smallest absolute Gasteiger partial charge is 0.377 e. The number of rotatable bonds is 5. The maximum Gasteiger partial charge on any atom is 0.377 e. The van der Waals surface area contributed by atoms with Crippen LogP contribution < -0.4 is 0 Å². The van der Waals surface area contributed by atoms with Gasteiger partial charge in [0.15, 0.2) is 6.61 Å². The number of amides is 1. The zero-order valence-corrected chi connectivity index (χ0v) is 14.7. The fourth-order valence-corrected chi connectivity index (χ4v) is 3.29. The number of fused-ring (bicyclic) bond motifs is 1. The van der Waals surface area contributed by atoms with E-state index >= 15 is 0 Å². The van der Waals surface area contributed by atoms with Crippen molar-refractivity contribution in [3.05, 3.63) is 41.3 Å². The highest BCUT2D eigenvalue weighted by Gasteiger charge is 2.23. The number of nitrogens with zero attached hydrogens (tertiary/aromatic N) is 2. The van der Waals surface area contributed by atoms with Crippen molar-refractivity contribution < 1.29 is 23.8 Å². The Bertz CT molecular complexity index is 783. The molecule has 1 atom stereocenters. The predicted octanol–water partition coefficient (Wildman–Crippen LogP) is 2.25. The Morgan fingerprint density at radius 1 is 1.36 bits per heavy atom. The van der Waals surface area contributed by atoms with E-state index in [1.807, 2.05) is 31.2 Å². The molecule has 3 rings (SSSR count). The first kappa shape index (κ1) is 17.2. The molecule has 1 aromatic heterocycles. The highest BCUT2D eigenvalue weighted by molar-refractivity contribution is 7.18. The van der Waals surface area contributed by atoms with Gasteiger partial charge in [-0.1, -0.05) is 12.1 Å². The zero-order chi connectivity index (χ0) is 17.8. The molecule has 0 aliphatic carbocycles. The molecule has 25 heavy (non-hydrogen) atoms. The second-order valence-electron chi connectivity index (χ2n) is 5.48. The molecule has 132 valence electrons. The Balaban J connectivity index is 1.59. The van der Waals surface area contributed by atoms with Crippen LogP contribution >= 0.6 is 11.3 Å². The van der Waals surface area contributed by atoms with E-state index < -0.39 is 5.97 Å². The number of carbonyl (C=O) groups excluding carboxylic acids is 2. The van der Waals surface area contributed by atoms with Crippen molar-refractivity contribution >= 4 is 33.4 Å². The van der Waals surface area contributed by atoms with Crippen LogP contribution in [-0.4, -0.2) is 48.6 Å². The van der Waals surface area contributed by atoms with E-state index in [-0.39, 0.29) is 30.9 Å². The molecule has 1 amide bonds. The molecule has 0 N–H and O–H groups in total. The van der Waals surface area contributed by atoms with E-state index in [9.17, 15) is 9.59 Å². The summed E-state index contributed by atoms with van der Waals surface area (Å²) < 4.78 is 16.2. The number of ether oxygens (including phenoxy) is 3. The third kappa shape index (κ3) is 3.90. The van der Waals surface area contributed by atoms with E-state index in [2.05, 4.69) is 4.98 Å². The summed E-state index contributed by atoms with van der Waals surface area (Å²) in [6.45, 7) is 2.19. The van der Waals surface area contributed by atoms with Crippen molar-refractivity contribution in [3.8, 4) is 0 Å². The fourth-order valence-electron chi connectivity index (χ4n) is 2.23. The van der Waals surface area contributed by atoms with Crippen molar-refractivity contribution in [2.45, 2.75) is 13.0 Å². The van der Waals surface area contributed by atoms with E-state index in [1.54, 1.807) is 7.05 Å². The van der Waals surface area contributed by atoms with E-state index in [4.69, 9.17) is 14.2 Å². The predicted molar refractivity (Wildman–Crippen MR) is 91.8 cm³/mol. The number of esters is 1. The quantitative estimate of drug-likeness (QED) is 0.759. The summed E-state index contributed by atoms with van der Waals surface area (Å²) in [5.74, 6) is -1.06. The number of hydrogen-bond acceptors (Lipinski definition) is 7. The summed E-state index contributed by atoms with van der Waals surface area (Å²) in [5, 5.41) is 0.829. The first-order chi connectivity index (χ1) is 12.1. The third-order valence-electron chi connectivity index (χ3n) is 3.82. The van der Waals surface area contributed by atoms with Crippen molar-refractivity contribution in [1.29, 1.82) is 0 Å². The van der Waals surface area contributed by atoms with Gasteiger partial charge in [-0.25, -0.2) is 9.78 Å². The molecule has 0 spiro atoms. The highest BCUT2D eigenvalue weighted by atomic mass is 32.1. The average Bonchev–Trinajstić information content (AvgIpc) is 3.09. The summed E-state index contributed by atoms with van der Waals surface area (Å²) in [6.07, 6.45) is 1.20. The van der Waals surface area contributed by atoms with Gasteiger partial charge < -0.3 is 19.1 Å². The molecule has 0 fully saturated rings. The lowest BCUT2D eigenvalue weighted by Gasteiger charge is -2.23. The summed E-state index contributed by atoms with van der Waals surface area (Å²) in [4.78, 5) is 30.2. The molecule has 1 aliphatic heterocycles. The monoisotopic (exact) mass is 362 g/mol. The van der Waals surface area contributed by atoms with Crippen molar-refractivity contribution in [1.82, 2.24) is 9.88 Å². The lowest BCUT2D eigenvalue weighted by Crippen LogP contribution is -2.33. The van der Waals surface area contributed by atoms with Crippen molar-refractivity contribution in [2.75, 3.05) is 26.9 Å². The largest absolute Gasteiger partial charge is 0.493 e. The van der Waals surface area contributed by atoms with Crippen molar-refractivity contribution in [3.63, 3.8) is 0 Å². The van der Waals surface area contributed by atoms with Crippen LogP contribution in [0.25, 0.3) is 10.2 Å². The second kappa shape index (κ2) is 7.52. The van der Waals surface area contributed by atoms with Crippen LogP contribution in [-0.2, 0) is 23.8 Å². The second-order valence-corrected chi connectivity index (χ2v) is 6.54. The van der Waals surface area contributed by atoms with Gasteiger partial charge in [-0.2, -0.15) is 0 Å². The van der Waals surface area contributed by atoms with Crippen LogP contribution in [0.3, 0.4) is 0 Å². The average molecular weight is 362 g/mol. The first-order valence-corrected chi connectivity index (χ1v) is 8.60. The van der Waals surface area contributed by atoms with Crippen LogP contribution in [0.2, 0.25) is 0 Å². The number of para-hydroxylation sites is 1. The molecule has 0 bridgehead atoms. The molecule has 0 saturated heterocycles. The Morgan fingerprint density at radius 2 is 2.16 bits per heavy atom. The van der Waals surface area contributed by atoms with Crippen LogP contribution in [0.5, 0.6) is 0 Å². The maximum atomic E-state index is 12.3. The molecular formula is C17H18N2O5S. The lowest BCUT2D eigenvalue weighted by atomic mass is 10.3. The molecule has 1 aliphatic rings. The van der Waals surface area contributed by atoms with Gasteiger partial charge >= 0.3 is 5.97 Å². The molecule has 0 saturated carbocycles. The Morgan fingerprint density at radius 3 is 2.88 bits per heavy atom. The molecule has 7 nitrogen and oxygen atoms in total. The number of benzene rings is 1. The SMILES string of the molecule is C[C@@H](c1nc2ccccc2s1)N(C)C(=O)COC(=O)C1=COCCO1. The van der Waals surface area contributed by atoms with Gasteiger partial charge in [0.1, 0.15) is 24.5 Å². The number of carbonyl (C=O) groups is 2. The van der Waals surface area contributed by atoms with E-state index in [0.717, 1.165) is 15.2 Å². The Kier molecular flexibility index (Phi) is 5.18. The molecule has 2 heterocycles. The van der Waals surface area contributed by atoms with Gasteiger partial charge in [0, 0.05) is 7.05 Å². The van der Waals surface area contributed by atoms with Crippen LogP contribution in [0, 0.1) is 0 Å². The number of aromatic nitrogens is 1. The summed E-state index contributed by atoms with van der Waals surface area (Å²) in [5.41, 5.74) is 0.906. The minimum absolute atomic E-state index is 0.0269. The topological polar surface area (TPSA) is 78.0 Å². The highest BCUT2D eigenvalue weighted by Crippen LogP contribution is 2.28. The minimum atomic E-state index is -0.714. The van der Waals surface area contributed by atoms with E-state index in [0.29, 0.717) is 6.61 Å². The summed E-state index contributed by atoms with van der Waals surface area (Å²) >= 11 is 1.54. The Labute approximate surface area is 148 Å². The van der Waals surface area contributed by atoms with Crippen LogP contribution in [0.4, 0.5) is 0 Å². The zero-order valence-electron chi connectivity index (χ0n) is 13.9. The molecule has 8 heteroatoms. The molecule has 1 aromatic carbocycles. The molecule has 0 radical (unpaired) electrons. The van der Waals surface area contributed by atoms with Gasteiger partial charge in [0.05, 0.1) is 16.3 Å². The standard InChI is InChI=1S/C17H18N2O5S/c1-11(16-18-12-5-3-4-6-14(12)25-16)19(2)15(20)10-24-17(21)13-9-22-7-8-23-13/h3-6,9,11H,7-8,10H2,1-2H3/t11-/m0/s1. The number of likely N-dealkylation sites (N-methyl/N-ethyl adjacent to an activating group) is 1. The maximum absolute atomic E-state index is 12.3. The Hall–Kier alpha value is -2.61. The van der Waals surface area contributed by atoms with Crippen LogP contribution in [0.15, 0.2) is 36.3 Å². The lowest BCUT2D eigenvalue weighted by molar-refractivity contribution is -0.152. The van der Waals surface area contributed by atoms with Gasteiger partial charge in [0.25, 0.3) is 5.91 Å². The third-order valence-corrected chi connectivity index (χ3v) is 5.03. The summed E-state index contributed by atoms with van der Waals surface area (Å²) in [7, 11) is 1.66. The number of hydrogen-bond donors (Lipinski definition) is 0. The van der Waals surface area contributed by atoms with Crippen LogP contribution in [0.1, 0.15) is 18.0 Å². The van der Waals surface area contributed by atoms with Gasteiger partial charge in [0.2, 0.25) is 5.76 Å². The van der Waals surface area contributed by atoms with Gasteiger partial charge in [-0.15, -0.1) is 11.3 Å². The molecule has 2 aromatic rings. The number of thiazole rings is 1. The van der Waals surface area contributed by atoms with Gasteiger partial charge in [-0.3, -0.25) is 4.79 Å². The van der Waals surface area contributed by atoms with Gasteiger partial charge in [-0.05, 0) is 19.1 Å². The fraction of sp³-hybridized carbons (Fsp3) is 0.353. The first-order valence-electron chi connectivity index (χ1n) is 7.79. The van der Waals surface area contributed by atoms with Crippen molar-refractivity contribution in [2.24, 2.45) is 0 Å².